The van der Waals surface area contributed by atoms with Gasteiger partial charge in [-0.25, -0.2) is 9.97 Å². The third-order valence-corrected chi connectivity index (χ3v) is 3.16. The molecule has 1 fully saturated rings. The summed E-state index contributed by atoms with van der Waals surface area (Å²) in [6.07, 6.45) is -1.78. The van der Waals surface area contributed by atoms with Crippen molar-refractivity contribution in [2.45, 2.75) is 24.5 Å². The lowest BCUT2D eigenvalue weighted by atomic mass is 10.1. The first-order valence-electron chi connectivity index (χ1n) is 5.66. The minimum Gasteiger partial charge on any atom is -0.394 e. The average Bonchev–Trinajstić information content (AvgIpc) is 2.94. The molecule has 19 heavy (non-hydrogen) atoms. The molecule has 4 atom stereocenters. The highest BCUT2D eigenvalue weighted by molar-refractivity contribution is 5.68. The Kier molecular flexibility index (Phi) is 2.82. The van der Waals surface area contributed by atoms with Crippen molar-refractivity contribution < 1.29 is 20.1 Å². The van der Waals surface area contributed by atoms with Crippen LogP contribution in [0.2, 0.25) is 0 Å². The Morgan fingerprint density at radius 2 is 2.16 bits per heavy atom. The van der Waals surface area contributed by atoms with Crippen molar-refractivity contribution in [1.82, 2.24) is 19.5 Å². The predicted octanol–water partition coefficient (Wildman–Crippen LogP) is -2.27. The van der Waals surface area contributed by atoms with E-state index in [0.717, 1.165) is 0 Å². The first kappa shape index (κ1) is 12.2. The van der Waals surface area contributed by atoms with Crippen molar-refractivity contribution in [2.24, 2.45) is 0 Å². The van der Waals surface area contributed by atoms with E-state index in [1.165, 1.54) is 17.2 Å². The molecule has 0 amide bonds. The van der Waals surface area contributed by atoms with Crippen molar-refractivity contribution in [2.75, 3.05) is 6.61 Å². The Balaban J connectivity index is 2.06. The van der Waals surface area contributed by atoms with Crippen LogP contribution in [0.4, 0.5) is 0 Å². The monoisotopic (exact) mass is 268 g/mol. The molecule has 0 bridgehead atoms. The number of nitrogens with one attached hydrogen (secondary N) is 1. The molecule has 0 spiro atoms. The van der Waals surface area contributed by atoms with Crippen LogP contribution < -0.4 is 5.56 Å². The van der Waals surface area contributed by atoms with Crippen LogP contribution in [0.15, 0.2) is 17.4 Å². The number of aliphatic hydroxyl groups excluding tert-OH is 3. The molecule has 102 valence electrons. The standard InChI is InChI=1S/C10H12N4O5/c15-1-4-6(16)7(17)10(19-4)14-3-13-5-8(14)11-2-12-9(5)18/h2-4,6-7,10,15-17H,1H2,(H,11,12,18)/t4-,6-,7-,10+/m0/s1. The molecule has 0 unspecified atom stereocenters. The number of nitrogens with zero attached hydrogens (tertiary/aromatic N) is 3. The topological polar surface area (TPSA) is 133 Å². The van der Waals surface area contributed by atoms with Gasteiger partial charge in [-0.2, -0.15) is 0 Å². The van der Waals surface area contributed by atoms with Crippen LogP contribution in [0.25, 0.3) is 11.2 Å². The molecule has 1 aliphatic heterocycles. The van der Waals surface area contributed by atoms with Gasteiger partial charge in [0.2, 0.25) is 0 Å². The van der Waals surface area contributed by atoms with Gasteiger partial charge in [-0.3, -0.25) is 9.36 Å². The number of aromatic nitrogens is 4. The highest BCUT2D eigenvalue weighted by atomic mass is 16.6. The van der Waals surface area contributed by atoms with Crippen molar-refractivity contribution in [3.05, 3.63) is 23.0 Å². The van der Waals surface area contributed by atoms with E-state index in [-0.39, 0.29) is 11.2 Å². The first-order chi connectivity index (χ1) is 9.13. The van der Waals surface area contributed by atoms with E-state index in [4.69, 9.17) is 9.84 Å². The van der Waals surface area contributed by atoms with Gasteiger partial charge in [0.25, 0.3) is 5.56 Å². The second-order valence-corrected chi connectivity index (χ2v) is 4.28. The number of ether oxygens (including phenoxy) is 1. The number of imidazole rings is 1. The van der Waals surface area contributed by atoms with Gasteiger partial charge in [0, 0.05) is 0 Å². The van der Waals surface area contributed by atoms with Gasteiger partial charge in [-0.1, -0.05) is 0 Å². The van der Waals surface area contributed by atoms with Gasteiger partial charge < -0.3 is 25.0 Å². The lowest BCUT2D eigenvalue weighted by Crippen LogP contribution is -2.33. The zero-order valence-electron chi connectivity index (χ0n) is 9.67. The molecule has 9 nitrogen and oxygen atoms in total. The van der Waals surface area contributed by atoms with Gasteiger partial charge >= 0.3 is 0 Å². The number of hydrogen-bond donors (Lipinski definition) is 4. The van der Waals surface area contributed by atoms with Gasteiger partial charge in [0.1, 0.15) is 18.3 Å². The van der Waals surface area contributed by atoms with Gasteiger partial charge in [-0.15, -0.1) is 0 Å². The fourth-order valence-corrected chi connectivity index (χ4v) is 2.16. The zero-order valence-corrected chi connectivity index (χ0v) is 9.67. The molecule has 0 aromatic carbocycles. The Morgan fingerprint density at radius 3 is 2.84 bits per heavy atom. The summed E-state index contributed by atoms with van der Waals surface area (Å²) in [6, 6.07) is 0. The molecule has 0 saturated carbocycles. The highest BCUT2D eigenvalue weighted by Crippen LogP contribution is 2.30. The van der Waals surface area contributed by atoms with Crippen molar-refractivity contribution >= 4 is 11.2 Å². The molecule has 0 radical (unpaired) electrons. The van der Waals surface area contributed by atoms with E-state index in [0.29, 0.717) is 0 Å². The summed E-state index contributed by atoms with van der Waals surface area (Å²) < 4.78 is 6.70. The lowest BCUT2D eigenvalue weighted by Gasteiger charge is -2.16. The maximum atomic E-state index is 11.5. The maximum absolute atomic E-state index is 11.5. The summed E-state index contributed by atoms with van der Waals surface area (Å²) >= 11 is 0. The van der Waals surface area contributed by atoms with Gasteiger partial charge in [0.15, 0.2) is 17.4 Å². The number of fused-ring (bicyclic) bond motifs is 1. The summed E-state index contributed by atoms with van der Waals surface area (Å²) in [5, 5.41) is 28.6. The molecule has 9 heteroatoms. The number of aliphatic hydroxyl groups is 3. The SMILES string of the molecule is O=c1[nH]cnc2c1ncn2[C@@H]1O[C@@H](CO)[C@H](O)[C@@H]1O. The van der Waals surface area contributed by atoms with Crippen LogP contribution in [0, 0.1) is 0 Å². The minimum absolute atomic E-state index is 0.111. The van der Waals surface area contributed by atoms with E-state index >= 15 is 0 Å². The van der Waals surface area contributed by atoms with Crippen LogP contribution in [-0.2, 0) is 4.74 Å². The van der Waals surface area contributed by atoms with Gasteiger partial charge in [-0.05, 0) is 0 Å². The second-order valence-electron chi connectivity index (χ2n) is 4.28. The number of hydrogen-bond acceptors (Lipinski definition) is 7. The van der Waals surface area contributed by atoms with Crippen LogP contribution in [0.1, 0.15) is 6.23 Å². The highest BCUT2D eigenvalue weighted by Gasteiger charge is 2.43. The largest absolute Gasteiger partial charge is 0.394 e. The van der Waals surface area contributed by atoms with E-state index < -0.39 is 36.7 Å². The third kappa shape index (κ3) is 1.75. The summed E-state index contributed by atoms with van der Waals surface area (Å²) in [6.45, 7) is -0.421. The van der Waals surface area contributed by atoms with Crippen LogP contribution in [-0.4, -0.2) is 59.8 Å². The van der Waals surface area contributed by atoms with Crippen LogP contribution in [0.5, 0.6) is 0 Å². The molecular weight excluding hydrogens is 256 g/mol. The molecule has 4 N–H and O–H groups in total. The van der Waals surface area contributed by atoms with E-state index in [9.17, 15) is 15.0 Å². The molecule has 3 rings (SSSR count). The van der Waals surface area contributed by atoms with Crippen molar-refractivity contribution in [3.63, 3.8) is 0 Å². The molecule has 1 aliphatic rings. The summed E-state index contributed by atoms with van der Waals surface area (Å²) in [5.74, 6) is 0. The Morgan fingerprint density at radius 1 is 1.37 bits per heavy atom. The summed E-state index contributed by atoms with van der Waals surface area (Å²) in [4.78, 5) is 21.8. The maximum Gasteiger partial charge on any atom is 0.278 e. The molecule has 1 saturated heterocycles. The normalized spacial score (nSPS) is 31.1. The van der Waals surface area contributed by atoms with Gasteiger partial charge in [0.05, 0.1) is 19.3 Å². The summed E-state index contributed by atoms with van der Waals surface area (Å²) in [7, 11) is 0. The van der Waals surface area contributed by atoms with E-state index in [2.05, 4.69) is 15.0 Å². The first-order valence-corrected chi connectivity index (χ1v) is 5.66. The number of aromatic amines is 1. The Labute approximate surface area is 106 Å². The minimum atomic E-state index is -1.24. The van der Waals surface area contributed by atoms with E-state index in [1.54, 1.807) is 0 Å². The fourth-order valence-electron chi connectivity index (χ4n) is 2.16. The fraction of sp³-hybridized carbons (Fsp3) is 0.500. The quantitative estimate of drug-likeness (QED) is 0.482. The smallest absolute Gasteiger partial charge is 0.278 e. The van der Waals surface area contributed by atoms with Crippen LogP contribution in [0.3, 0.4) is 0 Å². The number of H-pyrrole nitrogens is 1. The Hall–Kier alpha value is -1.81. The van der Waals surface area contributed by atoms with E-state index in [1.807, 2.05) is 0 Å². The molecule has 2 aromatic rings. The number of rotatable bonds is 2. The Bertz CT molecular complexity index is 653. The third-order valence-electron chi connectivity index (χ3n) is 3.16. The van der Waals surface area contributed by atoms with Crippen LogP contribution >= 0.6 is 0 Å². The molecule has 2 aromatic heterocycles. The zero-order chi connectivity index (χ0) is 13.6. The molecule has 3 heterocycles. The lowest BCUT2D eigenvalue weighted by molar-refractivity contribution is -0.0511. The predicted molar refractivity (Wildman–Crippen MR) is 61.2 cm³/mol. The van der Waals surface area contributed by atoms with Crippen molar-refractivity contribution in [1.29, 1.82) is 0 Å². The summed E-state index contributed by atoms with van der Waals surface area (Å²) in [5.41, 5.74) is -0.0608. The van der Waals surface area contributed by atoms with Crippen molar-refractivity contribution in [3.8, 4) is 0 Å². The average molecular weight is 268 g/mol. The molecular formula is C10H12N4O5. The molecule has 0 aliphatic carbocycles. The second kappa shape index (κ2) is 4.38.